The normalized spacial score (nSPS) is 18.5. The maximum Gasteiger partial charge on any atom is 0.259 e. The summed E-state index contributed by atoms with van der Waals surface area (Å²) in [4.78, 5) is 42.1. The van der Waals surface area contributed by atoms with E-state index in [4.69, 9.17) is 10.5 Å². The molecule has 1 fully saturated rings. The van der Waals surface area contributed by atoms with Crippen molar-refractivity contribution in [3.8, 4) is 11.1 Å². The first kappa shape index (κ1) is 28.5. The summed E-state index contributed by atoms with van der Waals surface area (Å²) in [5.41, 5.74) is 13.8. The first-order valence-electron chi connectivity index (χ1n) is 14.8. The van der Waals surface area contributed by atoms with Gasteiger partial charge in [0.25, 0.3) is 5.56 Å². The number of nitrogens with one attached hydrogen (secondary N) is 1. The van der Waals surface area contributed by atoms with Crippen molar-refractivity contribution in [2.75, 3.05) is 6.61 Å². The van der Waals surface area contributed by atoms with Crippen molar-refractivity contribution >= 4 is 23.3 Å². The van der Waals surface area contributed by atoms with Gasteiger partial charge in [0.05, 0.1) is 23.9 Å². The second-order valence-electron chi connectivity index (χ2n) is 11.2. The summed E-state index contributed by atoms with van der Waals surface area (Å²) >= 11 is 0. The molecule has 0 atom stereocenters. The Balaban J connectivity index is 1.39. The van der Waals surface area contributed by atoms with Crippen molar-refractivity contribution in [2.24, 2.45) is 10.8 Å². The number of hydrazone groups is 1. The third-order valence-electron chi connectivity index (χ3n) is 8.29. The van der Waals surface area contributed by atoms with Crippen LogP contribution < -0.4 is 16.7 Å². The van der Waals surface area contributed by atoms with Gasteiger partial charge in [-0.05, 0) is 54.9 Å². The van der Waals surface area contributed by atoms with E-state index in [0.29, 0.717) is 29.9 Å². The van der Waals surface area contributed by atoms with Gasteiger partial charge in [0.1, 0.15) is 12.9 Å². The molecular formula is C32H35N7O4. The highest BCUT2D eigenvalue weighted by Gasteiger charge is 2.29. The highest BCUT2D eigenvalue weighted by atomic mass is 16.5. The SMILES string of the molecule is CCCc1c(Cc2ccc(-c3ccccc3)c(C3=NNC(=O)C3)c2)c(=O)n(C2CCC(OCC(N)=O)CC2)c2ncnn12. The van der Waals surface area contributed by atoms with E-state index in [1.807, 2.05) is 53.0 Å². The Kier molecular flexibility index (Phi) is 8.15. The van der Waals surface area contributed by atoms with Gasteiger partial charge in [0, 0.05) is 23.6 Å². The number of carbonyl (C=O) groups is 2. The summed E-state index contributed by atoms with van der Waals surface area (Å²) < 4.78 is 9.27. The van der Waals surface area contributed by atoms with Crippen LogP contribution in [0.25, 0.3) is 16.9 Å². The van der Waals surface area contributed by atoms with Crippen LogP contribution >= 0.6 is 0 Å². The van der Waals surface area contributed by atoms with Gasteiger partial charge in [-0.1, -0.05) is 55.8 Å². The van der Waals surface area contributed by atoms with Gasteiger partial charge in [-0.2, -0.15) is 15.2 Å². The quantitative estimate of drug-likeness (QED) is 0.294. The second-order valence-corrected chi connectivity index (χ2v) is 11.2. The Bertz CT molecular complexity index is 1750. The zero-order chi connectivity index (χ0) is 29.9. The minimum atomic E-state index is -0.484. The molecule has 6 rings (SSSR count). The van der Waals surface area contributed by atoms with Crippen LogP contribution in [0.15, 0.2) is 64.8 Å². The van der Waals surface area contributed by atoms with E-state index >= 15 is 0 Å². The average Bonchev–Trinajstić information content (AvgIpc) is 3.68. The molecule has 1 saturated carbocycles. The molecule has 43 heavy (non-hydrogen) atoms. The first-order chi connectivity index (χ1) is 20.9. The molecule has 11 heteroatoms. The number of benzene rings is 2. The largest absolute Gasteiger partial charge is 0.368 e. The molecule has 0 bridgehead atoms. The molecule has 0 saturated heterocycles. The van der Waals surface area contributed by atoms with Crippen molar-refractivity contribution in [3.63, 3.8) is 0 Å². The van der Waals surface area contributed by atoms with E-state index in [1.165, 1.54) is 6.33 Å². The molecule has 3 N–H and O–H groups in total. The molecule has 2 aromatic heterocycles. The fourth-order valence-electron chi connectivity index (χ4n) is 6.28. The standard InChI is InChI=1S/C32H35N7O4/c1-2-6-28-26(16-20-9-14-24(21-7-4-3-5-8-21)25(15-20)27-17-30(41)37-36-27)31(42)38(32-34-19-35-39(28)32)22-10-12-23(13-11-22)43-18-29(33)40/h3-5,7-9,14-15,19,22-23H,2,6,10-13,16-18H2,1H3,(H2,33,40)(H,37,41). The Morgan fingerprint density at radius 2 is 1.86 bits per heavy atom. The van der Waals surface area contributed by atoms with Crippen LogP contribution in [0.4, 0.5) is 0 Å². The summed E-state index contributed by atoms with van der Waals surface area (Å²) in [6, 6.07) is 16.1. The molecule has 2 aliphatic rings. The highest BCUT2D eigenvalue weighted by molar-refractivity contribution is 6.16. The van der Waals surface area contributed by atoms with E-state index in [9.17, 15) is 14.4 Å². The van der Waals surface area contributed by atoms with Gasteiger partial charge in [-0.25, -0.2) is 9.94 Å². The zero-order valence-corrected chi connectivity index (χ0v) is 24.2. The third-order valence-corrected chi connectivity index (χ3v) is 8.29. The van der Waals surface area contributed by atoms with Crippen molar-refractivity contribution in [3.05, 3.63) is 87.6 Å². The molecule has 11 nitrogen and oxygen atoms in total. The molecule has 222 valence electrons. The van der Waals surface area contributed by atoms with Crippen LogP contribution in [0.1, 0.15) is 73.9 Å². The second kappa shape index (κ2) is 12.3. The Hall–Kier alpha value is -4.64. The van der Waals surface area contributed by atoms with Gasteiger partial charge in [-0.15, -0.1) is 0 Å². The predicted molar refractivity (Wildman–Crippen MR) is 162 cm³/mol. The van der Waals surface area contributed by atoms with Gasteiger partial charge < -0.3 is 10.5 Å². The summed E-state index contributed by atoms with van der Waals surface area (Å²) in [5, 5.41) is 8.86. The Labute approximate surface area is 248 Å². The molecule has 4 aromatic rings. The lowest BCUT2D eigenvalue weighted by Crippen LogP contribution is -2.35. The third kappa shape index (κ3) is 5.85. The van der Waals surface area contributed by atoms with Crippen molar-refractivity contribution in [1.29, 1.82) is 0 Å². The number of fused-ring (bicyclic) bond motifs is 1. The molecule has 0 unspecified atom stereocenters. The Morgan fingerprint density at radius 1 is 1.07 bits per heavy atom. The van der Waals surface area contributed by atoms with E-state index in [2.05, 4.69) is 27.5 Å². The van der Waals surface area contributed by atoms with E-state index < -0.39 is 5.91 Å². The maximum absolute atomic E-state index is 14.4. The summed E-state index contributed by atoms with van der Waals surface area (Å²) in [6.07, 6.45) is 6.44. The van der Waals surface area contributed by atoms with Crippen molar-refractivity contribution in [2.45, 2.75) is 70.4 Å². The van der Waals surface area contributed by atoms with Crippen LogP contribution in [0.3, 0.4) is 0 Å². The number of amides is 2. The average molecular weight is 582 g/mol. The predicted octanol–water partition coefficient (Wildman–Crippen LogP) is 3.31. The van der Waals surface area contributed by atoms with E-state index in [1.54, 1.807) is 4.57 Å². The first-order valence-corrected chi connectivity index (χ1v) is 14.8. The molecule has 2 aromatic carbocycles. The number of aryl methyl sites for hydroxylation is 1. The number of ether oxygens (including phenoxy) is 1. The van der Waals surface area contributed by atoms with Crippen molar-refractivity contribution < 1.29 is 14.3 Å². The Morgan fingerprint density at radius 3 is 2.56 bits per heavy atom. The van der Waals surface area contributed by atoms with Crippen LogP contribution in [0.5, 0.6) is 0 Å². The van der Waals surface area contributed by atoms with E-state index in [0.717, 1.165) is 60.1 Å². The summed E-state index contributed by atoms with van der Waals surface area (Å²) in [5.74, 6) is -0.0786. The fraction of sp³-hybridized carbons (Fsp3) is 0.375. The maximum atomic E-state index is 14.4. The monoisotopic (exact) mass is 581 g/mol. The number of aromatic nitrogens is 4. The summed E-state index contributed by atoms with van der Waals surface area (Å²) in [6.45, 7) is 1.99. The number of nitrogens with zero attached hydrogens (tertiary/aromatic N) is 5. The summed E-state index contributed by atoms with van der Waals surface area (Å²) in [7, 11) is 0. The van der Waals surface area contributed by atoms with Gasteiger partial charge >= 0.3 is 0 Å². The number of hydrogen-bond acceptors (Lipinski definition) is 7. The highest BCUT2D eigenvalue weighted by Crippen LogP contribution is 2.32. The molecular weight excluding hydrogens is 546 g/mol. The number of primary amides is 1. The molecule has 1 aliphatic heterocycles. The molecule has 3 heterocycles. The topological polar surface area (TPSA) is 146 Å². The van der Waals surface area contributed by atoms with Crippen molar-refractivity contribution in [1.82, 2.24) is 24.6 Å². The van der Waals surface area contributed by atoms with Crippen LogP contribution in [0, 0.1) is 0 Å². The van der Waals surface area contributed by atoms with Crippen LogP contribution in [0.2, 0.25) is 0 Å². The van der Waals surface area contributed by atoms with Gasteiger partial charge in [0.15, 0.2) is 0 Å². The van der Waals surface area contributed by atoms with Gasteiger partial charge in [-0.3, -0.25) is 19.0 Å². The van der Waals surface area contributed by atoms with E-state index in [-0.39, 0.29) is 36.6 Å². The molecule has 0 spiro atoms. The van der Waals surface area contributed by atoms with Gasteiger partial charge in [0.2, 0.25) is 17.6 Å². The van der Waals surface area contributed by atoms with Crippen LogP contribution in [-0.4, -0.2) is 49.4 Å². The minimum Gasteiger partial charge on any atom is -0.368 e. The zero-order valence-electron chi connectivity index (χ0n) is 24.2. The lowest BCUT2D eigenvalue weighted by molar-refractivity contribution is -0.125. The smallest absolute Gasteiger partial charge is 0.259 e. The number of carbonyl (C=O) groups excluding carboxylic acids is 2. The number of nitrogens with two attached hydrogens (primary N) is 1. The van der Waals surface area contributed by atoms with Crippen LogP contribution in [-0.2, 0) is 27.2 Å². The number of rotatable bonds is 10. The molecule has 1 aliphatic carbocycles. The molecule has 0 radical (unpaired) electrons. The molecule has 2 amide bonds. The lowest BCUT2D eigenvalue weighted by atomic mass is 9.91. The number of hydrogen-bond donors (Lipinski definition) is 2. The minimum absolute atomic E-state index is 0.0609. The fourth-order valence-corrected chi connectivity index (χ4v) is 6.28. The lowest BCUT2D eigenvalue weighted by Gasteiger charge is -2.30.